The number of carbonyl (C=O) groups excluding carboxylic acids is 1. The number of hydrogen-bond donors (Lipinski definition) is 2. The summed E-state index contributed by atoms with van der Waals surface area (Å²) in [5, 5.41) is 11.0. The molecule has 0 aliphatic carbocycles. The molecule has 6 nitrogen and oxygen atoms in total. The second-order valence-electron chi connectivity index (χ2n) is 7.22. The average molecular weight is 689 g/mol. The van der Waals surface area contributed by atoms with Crippen LogP contribution in [0.2, 0.25) is 0 Å². The minimum Gasteiger partial charge on any atom is -0.507 e. The Hall–Kier alpha value is -0.460. The number of hydrogen-bond acceptors (Lipinski definition) is 5. The molecule has 0 saturated heterocycles. The minimum absolute atomic E-state index is 0.00777. The van der Waals surface area contributed by atoms with Crippen LogP contribution in [0.4, 0.5) is 5.69 Å². The van der Waals surface area contributed by atoms with Crippen LogP contribution in [-0.2, 0) is 23.0 Å². The van der Waals surface area contributed by atoms with E-state index in [1.807, 2.05) is 0 Å². The Morgan fingerprint density at radius 3 is 2.20 bits per heavy atom. The number of phenols is 1. The summed E-state index contributed by atoms with van der Waals surface area (Å²) in [6, 6.07) is 1.65. The van der Waals surface area contributed by atoms with Gasteiger partial charge in [-0.3, -0.25) is 9.35 Å². The van der Waals surface area contributed by atoms with Crippen LogP contribution in [0.3, 0.4) is 0 Å². The van der Waals surface area contributed by atoms with Crippen LogP contribution in [0.15, 0.2) is 28.9 Å². The van der Waals surface area contributed by atoms with Crippen LogP contribution in [-0.4, -0.2) is 36.9 Å². The van der Waals surface area contributed by atoms with Crippen molar-refractivity contribution in [3.63, 3.8) is 0 Å². The lowest BCUT2D eigenvalue weighted by Gasteiger charge is -2.37. The third kappa shape index (κ3) is 3.59. The van der Waals surface area contributed by atoms with E-state index in [0.717, 1.165) is 49.2 Å². The highest BCUT2D eigenvalue weighted by Crippen LogP contribution is 2.47. The van der Waals surface area contributed by atoms with E-state index in [-0.39, 0.29) is 25.8 Å². The zero-order valence-electron chi connectivity index (χ0n) is 15.3. The number of halogens is 4. The lowest BCUT2D eigenvalue weighted by atomic mass is 9.87. The third-order valence-corrected chi connectivity index (χ3v) is 11.4. The van der Waals surface area contributed by atoms with Gasteiger partial charge in [0.2, 0.25) is 0 Å². The van der Waals surface area contributed by atoms with Crippen LogP contribution in [0.5, 0.6) is 5.75 Å². The smallest absolute Gasteiger partial charge is 0.296 e. The molecule has 2 aliphatic rings. The maximum atomic E-state index is 13.6. The number of carbonyl (C=O) groups is 1. The van der Waals surface area contributed by atoms with E-state index in [2.05, 4.69) is 68.6 Å². The van der Waals surface area contributed by atoms with E-state index in [9.17, 15) is 22.9 Å². The predicted octanol–water partition coefficient (Wildman–Crippen LogP) is 5.62. The van der Waals surface area contributed by atoms with Gasteiger partial charge in [-0.1, -0.05) is 0 Å². The highest BCUT2D eigenvalue weighted by molar-refractivity contribution is 9.15. The monoisotopic (exact) mass is 685 g/mol. The summed E-state index contributed by atoms with van der Waals surface area (Å²) >= 11 is 13.0. The molecule has 0 radical (unpaired) electrons. The molecule has 2 aromatic rings. The molecular formula is C19H15Br4NO5S. The highest BCUT2D eigenvalue weighted by atomic mass is 79.9. The first kappa shape index (κ1) is 22.7. The van der Waals surface area contributed by atoms with Gasteiger partial charge < -0.3 is 10.0 Å². The van der Waals surface area contributed by atoms with E-state index >= 15 is 0 Å². The maximum Gasteiger partial charge on any atom is 0.296 e. The van der Waals surface area contributed by atoms with Crippen molar-refractivity contribution < 1.29 is 22.9 Å². The second kappa shape index (κ2) is 8.15. The van der Waals surface area contributed by atoms with Crippen molar-refractivity contribution in [1.29, 1.82) is 0 Å². The summed E-state index contributed by atoms with van der Waals surface area (Å²) in [6.07, 6.45) is 3.23. The SMILES string of the molecule is O=C(c1cc2c3c(c1O)CCCN3CCC2)c1c(Br)c(Br)c(Br)c(Br)c1S(=O)(=O)O. The first-order valence-corrected chi connectivity index (χ1v) is 13.7. The van der Waals surface area contributed by atoms with Gasteiger partial charge in [-0.2, -0.15) is 8.42 Å². The molecule has 11 heteroatoms. The maximum absolute atomic E-state index is 13.6. The van der Waals surface area contributed by atoms with Gasteiger partial charge in [-0.15, -0.1) is 0 Å². The molecule has 0 saturated carbocycles. The quantitative estimate of drug-likeness (QED) is 0.188. The van der Waals surface area contributed by atoms with Gasteiger partial charge in [0.25, 0.3) is 10.1 Å². The van der Waals surface area contributed by atoms with Crippen molar-refractivity contribution in [3.05, 3.63) is 46.2 Å². The summed E-state index contributed by atoms with van der Waals surface area (Å²) in [4.78, 5) is 15.3. The van der Waals surface area contributed by atoms with Crippen molar-refractivity contribution in [1.82, 2.24) is 0 Å². The number of benzene rings is 2. The lowest BCUT2D eigenvalue weighted by Crippen LogP contribution is -2.34. The Bertz CT molecular complexity index is 1210. The molecule has 0 spiro atoms. The van der Waals surface area contributed by atoms with Crippen LogP contribution >= 0.6 is 63.7 Å². The number of nitrogens with zero attached hydrogens (tertiary/aromatic N) is 1. The molecule has 0 amide bonds. The molecule has 2 heterocycles. The van der Waals surface area contributed by atoms with Crippen molar-refractivity contribution in [2.24, 2.45) is 0 Å². The van der Waals surface area contributed by atoms with E-state index < -0.39 is 20.8 Å². The van der Waals surface area contributed by atoms with Gasteiger partial charge in [0.15, 0.2) is 5.78 Å². The van der Waals surface area contributed by atoms with Gasteiger partial charge in [-0.05, 0) is 101 Å². The zero-order valence-corrected chi connectivity index (χ0v) is 22.5. The number of aryl methyl sites for hydroxylation is 1. The fraction of sp³-hybridized carbons (Fsp3) is 0.316. The van der Waals surface area contributed by atoms with Crippen molar-refractivity contribution in [2.45, 2.75) is 30.6 Å². The molecule has 2 N–H and O–H groups in total. The highest BCUT2D eigenvalue weighted by Gasteiger charge is 2.35. The van der Waals surface area contributed by atoms with Crippen molar-refractivity contribution >= 4 is 85.3 Å². The third-order valence-electron chi connectivity index (χ3n) is 5.45. The molecular weight excluding hydrogens is 674 g/mol. The number of ketones is 1. The van der Waals surface area contributed by atoms with Gasteiger partial charge in [0.05, 0.1) is 15.6 Å². The normalized spacial score (nSPS) is 15.8. The molecule has 2 aromatic carbocycles. The predicted molar refractivity (Wildman–Crippen MR) is 127 cm³/mol. The van der Waals surface area contributed by atoms with Gasteiger partial charge in [0, 0.05) is 37.8 Å². The largest absolute Gasteiger partial charge is 0.507 e. The van der Waals surface area contributed by atoms with Crippen LogP contribution in [0, 0.1) is 0 Å². The zero-order chi connectivity index (χ0) is 22.0. The Morgan fingerprint density at radius 2 is 1.57 bits per heavy atom. The van der Waals surface area contributed by atoms with Gasteiger partial charge in [-0.25, -0.2) is 0 Å². The van der Waals surface area contributed by atoms with E-state index in [4.69, 9.17) is 0 Å². The Morgan fingerprint density at radius 1 is 0.967 bits per heavy atom. The fourth-order valence-corrected chi connectivity index (χ4v) is 8.16. The molecule has 0 bridgehead atoms. The van der Waals surface area contributed by atoms with Crippen LogP contribution < -0.4 is 4.90 Å². The van der Waals surface area contributed by atoms with Crippen molar-refractivity contribution in [3.8, 4) is 5.75 Å². The molecule has 160 valence electrons. The van der Waals surface area contributed by atoms with Gasteiger partial charge in [0.1, 0.15) is 10.6 Å². The number of rotatable bonds is 3. The van der Waals surface area contributed by atoms with E-state index in [0.29, 0.717) is 15.4 Å². The Balaban J connectivity index is 2.01. The first-order chi connectivity index (χ1) is 14.0. The molecule has 0 aromatic heterocycles. The summed E-state index contributed by atoms with van der Waals surface area (Å²) in [6.45, 7) is 1.83. The minimum atomic E-state index is -4.76. The first-order valence-electron chi connectivity index (χ1n) is 9.04. The Labute approximate surface area is 207 Å². The number of aromatic hydroxyl groups is 1. The summed E-state index contributed by atoms with van der Waals surface area (Å²) in [7, 11) is -4.76. The summed E-state index contributed by atoms with van der Waals surface area (Å²) in [5.74, 6) is -0.823. The summed E-state index contributed by atoms with van der Waals surface area (Å²) < 4.78 is 35.1. The van der Waals surface area contributed by atoms with Gasteiger partial charge >= 0.3 is 0 Å². The number of anilines is 1. The molecule has 2 aliphatic heterocycles. The Kier molecular flexibility index (Phi) is 6.17. The van der Waals surface area contributed by atoms with Crippen LogP contribution in [0.25, 0.3) is 0 Å². The fourth-order valence-electron chi connectivity index (χ4n) is 4.21. The van der Waals surface area contributed by atoms with Crippen molar-refractivity contribution in [2.75, 3.05) is 18.0 Å². The molecule has 30 heavy (non-hydrogen) atoms. The molecule has 4 rings (SSSR count). The topological polar surface area (TPSA) is 94.9 Å². The molecule has 0 fully saturated rings. The second-order valence-corrected chi connectivity index (χ2v) is 11.7. The number of phenolic OH excluding ortho intramolecular Hbond substituents is 1. The summed E-state index contributed by atoms with van der Waals surface area (Å²) in [5.41, 5.74) is 2.46. The molecule has 0 atom stereocenters. The van der Waals surface area contributed by atoms with Crippen LogP contribution in [0.1, 0.15) is 39.9 Å². The van der Waals surface area contributed by atoms with E-state index in [1.54, 1.807) is 6.07 Å². The standard InChI is InChI=1S/C19H15Br4NO5S/c20-12-11(19(30(27,28)29)15(23)14(22)13(12)21)18(26)10-7-8-3-1-5-24-6-2-4-9(16(8)24)17(10)25/h7,25H,1-6H2,(H,27,28,29). The lowest BCUT2D eigenvalue weighted by molar-refractivity contribution is 0.103. The molecule has 0 unspecified atom stereocenters. The van der Waals surface area contributed by atoms with E-state index in [1.165, 1.54) is 0 Å². The average Bonchev–Trinajstić information content (AvgIpc) is 2.70.